The molecule has 0 saturated heterocycles. The first-order valence-corrected chi connectivity index (χ1v) is 9.12. The molecule has 2 aromatic rings. The van der Waals surface area contributed by atoms with E-state index in [0.29, 0.717) is 22.8 Å². The summed E-state index contributed by atoms with van der Waals surface area (Å²) in [6.07, 6.45) is -0.177. The third-order valence-corrected chi connectivity index (χ3v) is 5.25. The van der Waals surface area contributed by atoms with Crippen molar-refractivity contribution in [2.45, 2.75) is 11.3 Å². The molecular formula is C15H12Cl2F2N2O3S. The van der Waals surface area contributed by atoms with Crippen LogP contribution in [0.4, 0.5) is 14.5 Å². The van der Waals surface area contributed by atoms with E-state index in [4.69, 9.17) is 23.2 Å². The Kier molecular flexibility index (Phi) is 6.34. The van der Waals surface area contributed by atoms with Crippen LogP contribution in [-0.2, 0) is 14.8 Å². The Balaban J connectivity index is 1.91. The van der Waals surface area contributed by atoms with Gasteiger partial charge in [0.05, 0.1) is 14.9 Å². The van der Waals surface area contributed by atoms with E-state index in [2.05, 4.69) is 10.0 Å². The first-order valence-electron chi connectivity index (χ1n) is 6.88. The lowest BCUT2D eigenvalue weighted by atomic mass is 10.3. The largest absolute Gasteiger partial charge is 0.326 e. The number of sulfonamides is 1. The molecule has 0 aliphatic carbocycles. The molecule has 0 bridgehead atoms. The van der Waals surface area contributed by atoms with Gasteiger partial charge in [-0.1, -0.05) is 23.2 Å². The highest BCUT2D eigenvalue weighted by Gasteiger charge is 2.16. The van der Waals surface area contributed by atoms with Crippen molar-refractivity contribution < 1.29 is 22.0 Å². The first-order chi connectivity index (χ1) is 11.7. The maximum atomic E-state index is 13.1. The monoisotopic (exact) mass is 408 g/mol. The van der Waals surface area contributed by atoms with E-state index in [1.165, 1.54) is 18.2 Å². The van der Waals surface area contributed by atoms with E-state index in [1.807, 2.05) is 0 Å². The number of nitrogens with one attached hydrogen (secondary N) is 2. The molecule has 2 rings (SSSR count). The second-order valence-corrected chi connectivity index (χ2v) is 7.48. The molecule has 0 aliphatic rings. The fourth-order valence-electron chi connectivity index (χ4n) is 1.82. The van der Waals surface area contributed by atoms with Crippen LogP contribution in [0.1, 0.15) is 6.42 Å². The smallest absolute Gasteiger partial charge is 0.240 e. The van der Waals surface area contributed by atoms with Crippen molar-refractivity contribution >= 4 is 44.8 Å². The summed E-state index contributed by atoms with van der Waals surface area (Å²) < 4.78 is 52.0. The van der Waals surface area contributed by atoms with E-state index in [-0.39, 0.29) is 18.0 Å². The number of hydrogen-bond donors (Lipinski definition) is 2. The Morgan fingerprint density at radius 3 is 2.36 bits per heavy atom. The second-order valence-electron chi connectivity index (χ2n) is 4.90. The van der Waals surface area contributed by atoms with Crippen LogP contribution in [0.2, 0.25) is 10.0 Å². The Morgan fingerprint density at radius 1 is 1.00 bits per heavy atom. The number of halogens is 4. The number of carbonyl (C=O) groups excluding carboxylic acids is 1. The molecule has 25 heavy (non-hydrogen) atoms. The van der Waals surface area contributed by atoms with Crippen molar-refractivity contribution in [3.63, 3.8) is 0 Å². The molecule has 0 aliphatic heterocycles. The SMILES string of the molecule is O=C(CCNS(=O)(=O)c1ccc(F)c(F)c1)Nc1ccc(Cl)c(Cl)c1. The van der Waals surface area contributed by atoms with Crippen LogP contribution in [0.15, 0.2) is 41.3 Å². The minimum Gasteiger partial charge on any atom is -0.326 e. The molecule has 0 aromatic heterocycles. The minimum atomic E-state index is -4.06. The third kappa shape index (κ3) is 5.37. The first kappa shape index (κ1) is 19.6. The Labute approximate surface area is 153 Å². The molecule has 10 heteroatoms. The van der Waals surface area contributed by atoms with Crippen molar-refractivity contribution in [2.75, 3.05) is 11.9 Å². The Hall–Kier alpha value is -1.74. The lowest BCUT2D eigenvalue weighted by Crippen LogP contribution is -2.28. The second kappa shape index (κ2) is 8.09. The molecule has 0 fully saturated rings. The normalized spacial score (nSPS) is 11.4. The van der Waals surface area contributed by atoms with Gasteiger partial charge in [-0.05, 0) is 36.4 Å². The molecule has 2 aromatic carbocycles. The standard InChI is InChI=1S/C15H12Cl2F2N2O3S/c16-11-3-1-9(7-12(11)17)21-15(22)5-6-20-25(23,24)10-2-4-13(18)14(19)8-10/h1-4,7-8,20H,5-6H2,(H,21,22). The number of amides is 1. The summed E-state index contributed by atoms with van der Waals surface area (Å²) in [4.78, 5) is 11.4. The fraction of sp³-hybridized carbons (Fsp3) is 0.133. The zero-order valence-electron chi connectivity index (χ0n) is 12.5. The van der Waals surface area contributed by atoms with Crippen LogP contribution >= 0.6 is 23.2 Å². The van der Waals surface area contributed by atoms with Crippen LogP contribution in [-0.4, -0.2) is 20.9 Å². The summed E-state index contributed by atoms with van der Waals surface area (Å²) in [5.74, 6) is -2.90. The maximum absolute atomic E-state index is 13.1. The van der Waals surface area contributed by atoms with Gasteiger partial charge in [-0.3, -0.25) is 4.79 Å². The molecule has 0 unspecified atom stereocenters. The summed E-state index contributed by atoms with van der Waals surface area (Å²) in [6.45, 7) is -0.228. The van der Waals surface area contributed by atoms with Gasteiger partial charge < -0.3 is 5.32 Å². The van der Waals surface area contributed by atoms with Gasteiger partial charge >= 0.3 is 0 Å². The summed E-state index contributed by atoms with van der Waals surface area (Å²) in [6, 6.07) is 6.70. The average Bonchev–Trinajstić information content (AvgIpc) is 2.53. The topological polar surface area (TPSA) is 75.3 Å². The molecule has 1 amide bonds. The minimum absolute atomic E-state index is 0.177. The van der Waals surface area contributed by atoms with Crippen molar-refractivity contribution in [3.8, 4) is 0 Å². The van der Waals surface area contributed by atoms with Gasteiger partial charge in [-0.2, -0.15) is 0 Å². The average molecular weight is 409 g/mol. The summed E-state index contributed by atoms with van der Waals surface area (Å²) in [5, 5.41) is 3.12. The van der Waals surface area contributed by atoms with Crippen LogP contribution < -0.4 is 10.0 Å². The molecule has 0 radical (unpaired) electrons. The predicted molar refractivity (Wildman–Crippen MR) is 91.3 cm³/mol. The molecule has 0 heterocycles. The molecule has 134 valence electrons. The van der Waals surface area contributed by atoms with E-state index in [9.17, 15) is 22.0 Å². The van der Waals surface area contributed by atoms with E-state index in [0.717, 1.165) is 6.07 Å². The fourth-order valence-corrected chi connectivity index (χ4v) is 3.17. The van der Waals surface area contributed by atoms with Crippen molar-refractivity contribution in [3.05, 3.63) is 58.1 Å². The number of anilines is 1. The maximum Gasteiger partial charge on any atom is 0.240 e. The van der Waals surface area contributed by atoms with Crippen LogP contribution in [0, 0.1) is 11.6 Å². The molecular weight excluding hydrogens is 397 g/mol. The highest BCUT2D eigenvalue weighted by atomic mass is 35.5. The quantitative estimate of drug-likeness (QED) is 0.766. The lowest BCUT2D eigenvalue weighted by Gasteiger charge is -2.08. The lowest BCUT2D eigenvalue weighted by molar-refractivity contribution is -0.116. The number of benzene rings is 2. The highest BCUT2D eigenvalue weighted by molar-refractivity contribution is 7.89. The molecule has 5 nitrogen and oxygen atoms in total. The Morgan fingerprint density at radius 2 is 1.72 bits per heavy atom. The van der Waals surface area contributed by atoms with Crippen LogP contribution in [0.3, 0.4) is 0 Å². The molecule has 2 N–H and O–H groups in total. The van der Waals surface area contributed by atoms with E-state index in [1.54, 1.807) is 0 Å². The molecule has 0 atom stereocenters. The van der Waals surface area contributed by atoms with E-state index >= 15 is 0 Å². The third-order valence-electron chi connectivity index (χ3n) is 3.05. The van der Waals surface area contributed by atoms with Gasteiger partial charge in [0.25, 0.3) is 0 Å². The van der Waals surface area contributed by atoms with Crippen molar-refractivity contribution in [2.24, 2.45) is 0 Å². The van der Waals surface area contributed by atoms with Crippen LogP contribution in [0.5, 0.6) is 0 Å². The zero-order chi connectivity index (χ0) is 18.6. The van der Waals surface area contributed by atoms with Gasteiger partial charge in [0.1, 0.15) is 0 Å². The molecule has 0 spiro atoms. The van der Waals surface area contributed by atoms with Crippen LogP contribution in [0.25, 0.3) is 0 Å². The number of hydrogen-bond acceptors (Lipinski definition) is 3. The highest BCUT2D eigenvalue weighted by Crippen LogP contribution is 2.25. The van der Waals surface area contributed by atoms with Gasteiger partial charge in [-0.25, -0.2) is 21.9 Å². The van der Waals surface area contributed by atoms with Gasteiger partial charge in [0, 0.05) is 18.7 Å². The number of rotatable bonds is 6. The van der Waals surface area contributed by atoms with Gasteiger partial charge in [0.15, 0.2) is 11.6 Å². The van der Waals surface area contributed by atoms with Gasteiger partial charge in [0.2, 0.25) is 15.9 Å². The summed E-state index contributed by atoms with van der Waals surface area (Å²) >= 11 is 11.6. The Bertz CT molecular complexity index is 908. The van der Waals surface area contributed by atoms with Gasteiger partial charge in [-0.15, -0.1) is 0 Å². The summed E-state index contributed by atoms with van der Waals surface area (Å²) in [5.41, 5.74) is 0.405. The van der Waals surface area contributed by atoms with E-state index < -0.39 is 32.5 Å². The molecule has 0 saturated carbocycles. The zero-order valence-corrected chi connectivity index (χ0v) is 14.9. The van der Waals surface area contributed by atoms with Crippen molar-refractivity contribution in [1.29, 1.82) is 0 Å². The predicted octanol–water partition coefficient (Wildman–Crippen LogP) is 3.58. The van der Waals surface area contributed by atoms with Crippen molar-refractivity contribution in [1.82, 2.24) is 4.72 Å². The summed E-state index contributed by atoms with van der Waals surface area (Å²) in [7, 11) is -4.06. The number of carbonyl (C=O) groups is 1.